The average molecular weight is 368 g/mol. The van der Waals surface area contributed by atoms with Crippen molar-refractivity contribution in [3.63, 3.8) is 0 Å². The van der Waals surface area contributed by atoms with Crippen LogP contribution in [-0.2, 0) is 10.0 Å². The third-order valence-corrected chi connectivity index (χ3v) is 5.14. The lowest BCUT2D eigenvalue weighted by molar-refractivity contribution is 0.278. The number of rotatable bonds is 6. The molecule has 1 aromatic carbocycles. The van der Waals surface area contributed by atoms with Crippen LogP contribution in [0.15, 0.2) is 21.5 Å². The molecule has 0 aromatic heterocycles. The summed E-state index contributed by atoms with van der Waals surface area (Å²) in [6, 6.07) is 2.46. The van der Waals surface area contributed by atoms with Gasteiger partial charge in [-0.2, -0.15) is 0 Å². The smallest absolute Gasteiger partial charge is 0.243 e. The van der Waals surface area contributed by atoms with Gasteiger partial charge in [0.05, 0.1) is 0 Å². The zero-order chi connectivity index (χ0) is 15.5. The molecule has 0 aliphatic rings. The van der Waals surface area contributed by atoms with Crippen LogP contribution >= 0.6 is 15.9 Å². The van der Waals surface area contributed by atoms with Crippen LogP contribution in [0.3, 0.4) is 0 Å². The first kappa shape index (κ1) is 17.4. The molecule has 1 aromatic rings. The largest absolute Gasteiger partial charge is 0.398 e. The number of nitrogens with two attached hydrogens (primary N) is 1. The number of likely N-dealkylation sites (N-methyl/N-ethyl adjacent to an activating group) is 1. The van der Waals surface area contributed by atoms with Crippen molar-refractivity contribution >= 4 is 31.6 Å². The first-order chi connectivity index (χ1) is 9.15. The second-order valence-electron chi connectivity index (χ2n) is 4.78. The molecule has 114 valence electrons. The van der Waals surface area contributed by atoms with Gasteiger partial charge < -0.3 is 10.6 Å². The predicted octanol–water partition coefficient (Wildman–Crippen LogP) is 1.79. The lowest BCUT2D eigenvalue weighted by Crippen LogP contribution is -2.36. The van der Waals surface area contributed by atoms with E-state index in [1.165, 1.54) is 0 Å². The zero-order valence-corrected chi connectivity index (χ0v) is 14.1. The third kappa shape index (κ3) is 4.41. The maximum absolute atomic E-state index is 13.7. The maximum Gasteiger partial charge on any atom is 0.243 e. The molecule has 0 radical (unpaired) electrons. The van der Waals surface area contributed by atoms with Crippen molar-refractivity contribution in [2.45, 2.75) is 24.8 Å². The van der Waals surface area contributed by atoms with Crippen LogP contribution in [0.4, 0.5) is 10.1 Å². The van der Waals surface area contributed by atoms with Crippen LogP contribution in [0.25, 0.3) is 0 Å². The standard InChI is InChI=1S/C12H19BrFN3O2S/c1-8(2)17(3)5-4-16-20(18,19)12-7-11(15)9(13)6-10(12)14/h6-8,16H,4-5,15H2,1-3H3. The average Bonchev–Trinajstić information content (AvgIpc) is 2.33. The highest BCUT2D eigenvalue weighted by Gasteiger charge is 2.20. The van der Waals surface area contributed by atoms with Gasteiger partial charge in [0.1, 0.15) is 10.7 Å². The SMILES string of the molecule is CC(C)N(C)CCNS(=O)(=O)c1cc(N)c(Br)cc1F. The minimum atomic E-state index is -3.90. The minimum Gasteiger partial charge on any atom is -0.398 e. The Kier molecular flexibility index (Phi) is 5.93. The van der Waals surface area contributed by atoms with E-state index < -0.39 is 20.7 Å². The fourth-order valence-corrected chi connectivity index (χ4v) is 2.87. The van der Waals surface area contributed by atoms with Crippen LogP contribution < -0.4 is 10.5 Å². The molecule has 0 spiro atoms. The molecule has 3 N–H and O–H groups in total. The van der Waals surface area contributed by atoms with Gasteiger partial charge in [-0.1, -0.05) is 0 Å². The molecule has 0 atom stereocenters. The van der Waals surface area contributed by atoms with Crippen molar-refractivity contribution in [2.75, 3.05) is 25.9 Å². The zero-order valence-electron chi connectivity index (χ0n) is 11.7. The van der Waals surface area contributed by atoms with Crippen LogP contribution in [0.5, 0.6) is 0 Å². The Hall–Kier alpha value is -0.700. The molecule has 8 heteroatoms. The van der Waals surface area contributed by atoms with Gasteiger partial charge in [0.2, 0.25) is 10.0 Å². The van der Waals surface area contributed by atoms with E-state index in [4.69, 9.17) is 5.73 Å². The molecular weight excluding hydrogens is 349 g/mol. The van der Waals surface area contributed by atoms with E-state index in [0.29, 0.717) is 17.1 Å². The fraction of sp³-hybridized carbons (Fsp3) is 0.500. The van der Waals surface area contributed by atoms with Gasteiger partial charge in [-0.25, -0.2) is 17.5 Å². The Labute approximate surface area is 127 Å². The van der Waals surface area contributed by atoms with E-state index in [2.05, 4.69) is 20.7 Å². The summed E-state index contributed by atoms with van der Waals surface area (Å²) in [7, 11) is -2.02. The monoisotopic (exact) mass is 367 g/mol. The molecule has 0 unspecified atom stereocenters. The van der Waals surface area contributed by atoms with Crippen LogP contribution in [0.2, 0.25) is 0 Å². The minimum absolute atomic E-state index is 0.172. The van der Waals surface area contributed by atoms with Gasteiger partial charge in [-0.3, -0.25) is 0 Å². The summed E-state index contributed by atoms with van der Waals surface area (Å²) >= 11 is 3.05. The molecular formula is C12H19BrFN3O2S. The number of hydrogen-bond acceptors (Lipinski definition) is 4. The third-order valence-electron chi connectivity index (χ3n) is 2.98. The molecule has 0 aliphatic carbocycles. The van der Waals surface area contributed by atoms with Gasteiger partial charge in [0.15, 0.2) is 0 Å². The first-order valence-electron chi connectivity index (χ1n) is 6.09. The molecule has 0 heterocycles. The van der Waals surface area contributed by atoms with Crippen molar-refractivity contribution in [1.29, 1.82) is 0 Å². The summed E-state index contributed by atoms with van der Waals surface area (Å²) < 4.78 is 40.5. The summed E-state index contributed by atoms with van der Waals surface area (Å²) in [5.41, 5.74) is 5.76. The highest BCUT2D eigenvalue weighted by molar-refractivity contribution is 9.10. The molecule has 20 heavy (non-hydrogen) atoms. The molecule has 0 saturated heterocycles. The van der Waals surface area contributed by atoms with Crippen LogP contribution in [0, 0.1) is 5.82 Å². The maximum atomic E-state index is 13.7. The Morgan fingerprint density at radius 1 is 1.45 bits per heavy atom. The van der Waals surface area contributed by atoms with Crippen LogP contribution in [-0.4, -0.2) is 39.5 Å². The van der Waals surface area contributed by atoms with Crippen molar-refractivity contribution in [1.82, 2.24) is 9.62 Å². The molecule has 0 bridgehead atoms. The highest BCUT2D eigenvalue weighted by atomic mass is 79.9. The molecule has 1 rings (SSSR count). The van der Waals surface area contributed by atoms with Crippen molar-refractivity contribution in [2.24, 2.45) is 0 Å². The highest BCUT2D eigenvalue weighted by Crippen LogP contribution is 2.25. The fourth-order valence-electron chi connectivity index (χ4n) is 1.44. The number of sulfonamides is 1. The van der Waals surface area contributed by atoms with Gasteiger partial charge >= 0.3 is 0 Å². The van der Waals surface area contributed by atoms with Gasteiger partial charge in [0.25, 0.3) is 0 Å². The second kappa shape index (κ2) is 6.84. The van der Waals surface area contributed by atoms with E-state index >= 15 is 0 Å². The number of anilines is 1. The summed E-state index contributed by atoms with van der Waals surface area (Å²) in [5.74, 6) is -0.837. The summed E-state index contributed by atoms with van der Waals surface area (Å²) in [6.07, 6.45) is 0. The predicted molar refractivity (Wildman–Crippen MR) is 81.5 cm³/mol. The molecule has 0 aliphatic heterocycles. The Bertz CT molecular complexity index is 578. The number of nitrogen functional groups attached to an aromatic ring is 1. The number of hydrogen-bond donors (Lipinski definition) is 2. The van der Waals surface area contributed by atoms with E-state index in [1.807, 2.05) is 25.8 Å². The Morgan fingerprint density at radius 2 is 2.05 bits per heavy atom. The molecule has 0 fully saturated rings. The molecule has 0 saturated carbocycles. The summed E-state index contributed by atoms with van der Waals surface area (Å²) in [4.78, 5) is 1.54. The second-order valence-corrected chi connectivity index (χ2v) is 7.37. The molecule has 5 nitrogen and oxygen atoms in total. The van der Waals surface area contributed by atoms with Crippen molar-refractivity contribution in [3.8, 4) is 0 Å². The van der Waals surface area contributed by atoms with Crippen molar-refractivity contribution < 1.29 is 12.8 Å². The van der Waals surface area contributed by atoms with E-state index in [0.717, 1.165) is 12.1 Å². The van der Waals surface area contributed by atoms with Gasteiger partial charge in [-0.15, -0.1) is 0 Å². The lowest BCUT2D eigenvalue weighted by atomic mass is 10.3. The summed E-state index contributed by atoms with van der Waals surface area (Å²) in [5, 5.41) is 0. The topological polar surface area (TPSA) is 75.4 Å². The first-order valence-corrected chi connectivity index (χ1v) is 8.37. The van der Waals surface area contributed by atoms with Gasteiger partial charge in [0, 0.05) is 29.3 Å². The number of benzene rings is 1. The Balaban J connectivity index is 2.82. The van der Waals surface area contributed by atoms with E-state index in [9.17, 15) is 12.8 Å². The van der Waals surface area contributed by atoms with E-state index in [1.54, 1.807) is 0 Å². The van der Waals surface area contributed by atoms with Crippen molar-refractivity contribution in [3.05, 3.63) is 22.4 Å². The van der Waals surface area contributed by atoms with Crippen LogP contribution in [0.1, 0.15) is 13.8 Å². The Morgan fingerprint density at radius 3 is 2.60 bits per heavy atom. The summed E-state index contributed by atoms with van der Waals surface area (Å²) in [6.45, 7) is 4.74. The number of halogens is 2. The number of nitrogens with zero attached hydrogens (tertiary/aromatic N) is 1. The normalized spacial score (nSPS) is 12.3. The van der Waals surface area contributed by atoms with Gasteiger partial charge in [-0.05, 0) is 49.0 Å². The van der Waals surface area contributed by atoms with E-state index in [-0.39, 0.29) is 12.2 Å². The lowest BCUT2D eigenvalue weighted by Gasteiger charge is -2.21. The quantitative estimate of drug-likeness (QED) is 0.751. The molecule has 0 amide bonds. The number of nitrogens with one attached hydrogen (secondary N) is 1.